The second-order valence-electron chi connectivity index (χ2n) is 5.45. The summed E-state index contributed by atoms with van der Waals surface area (Å²) in [7, 11) is 0. The van der Waals surface area contributed by atoms with Crippen LogP contribution >= 0.6 is 0 Å². The van der Waals surface area contributed by atoms with Gasteiger partial charge in [-0.2, -0.15) is 0 Å². The van der Waals surface area contributed by atoms with Crippen LogP contribution < -0.4 is 0 Å². The molecule has 0 unspecified atom stereocenters. The lowest BCUT2D eigenvalue weighted by Crippen LogP contribution is -2.06. The van der Waals surface area contributed by atoms with Gasteiger partial charge in [-0.15, -0.1) is 0 Å². The first-order chi connectivity index (χ1) is 8.85. The van der Waals surface area contributed by atoms with Crippen LogP contribution in [0.2, 0.25) is 0 Å². The molecule has 1 aliphatic rings. The summed E-state index contributed by atoms with van der Waals surface area (Å²) in [6, 6.07) is 1.64. The Balaban J connectivity index is 2.39. The molecule has 0 spiro atoms. The summed E-state index contributed by atoms with van der Waals surface area (Å²) in [5.74, 6) is 0.717. The van der Waals surface area contributed by atoms with Crippen molar-refractivity contribution < 1.29 is 14.6 Å². The van der Waals surface area contributed by atoms with Gasteiger partial charge in [0.25, 0.3) is 0 Å². The highest BCUT2D eigenvalue weighted by Gasteiger charge is 2.35. The topological polar surface area (TPSA) is 62.3 Å². The Hall–Kier alpha value is -1.97. The number of hydrogen-bond acceptors (Lipinski definition) is 2. The molecule has 1 saturated heterocycles. The lowest BCUT2D eigenvalue weighted by Gasteiger charge is -2.13. The van der Waals surface area contributed by atoms with Crippen molar-refractivity contribution in [1.29, 1.82) is 0 Å². The van der Waals surface area contributed by atoms with E-state index in [9.17, 15) is 4.79 Å². The minimum atomic E-state index is -0.931. The van der Waals surface area contributed by atoms with E-state index in [4.69, 9.17) is 9.84 Å². The van der Waals surface area contributed by atoms with Crippen LogP contribution in [0.15, 0.2) is 30.4 Å². The molecule has 4 heteroatoms. The van der Waals surface area contributed by atoms with Crippen molar-refractivity contribution in [2.45, 2.75) is 33.6 Å². The molecule has 19 heavy (non-hydrogen) atoms. The van der Waals surface area contributed by atoms with Crippen LogP contribution in [0.1, 0.15) is 49.7 Å². The molecule has 0 atom stereocenters. The zero-order valence-electron chi connectivity index (χ0n) is 11.5. The fourth-order valence-corrected chi connectivity index (χ4v) is 2.22. The van der Waals surface area contributed by atoms with Crippen molar-refractivity contribution >= 4 is 11.5 Å². The van der Waals surface area contributed by atoms with Gasteiger partial charge in [-0.05, 0) is 12.5 Å². The van der Waals surface area contributed by atoms with Crippen LogP contribution in [0.3, 0.4) is 0 Å². The van der Waals surface area contributed by atoms with Crippen molar-refractivity contribution in [3.63, 3.8) is 0 Å². The molecule has 2 heterocycles. The maximum atomic E-state index is 10.9. The quantitative estimate of drug-likeness (QED) is 0.870. The Morgan fingerprint density at radius 2 is 2.26 bits per heavy atom. The van der Waals surface area contributed by atoms with Gasteiger partial charge in [0.2, 0.25) is 0 Å². The summed E-state index contributed by atoms with van der Waals surface area (Å²) >= 11 is 0. The number of hydrogen-bond donors (Lipinski definition) is 2. The van der Waals surface area contributed by atoms with Gasteiger partial charge in [-0.25, -0.2) is 4.79 Å². The molecule has 0 amide bonds. The number of nitrogens with one attached hydrogen (secondary N) is 1. The second kappa shape index (κ2) is 4.61. The third-order valence-corrected chi connectivity index (χ3v) is 3.55. The van der Waals surface area contributed by atoms with Gasteiger partial charge in [-0.1, -0.05) is 27.4 Å². The molecular weight excluding hydrogens is 242 g/mol. The predicted octanol–water partition coefficient (Wildman–Crippen LogP) is 3.79. The zero-order valence-corrected chi connectivity index (χ0v) is 11.5. The van der Waals surface area contributed by atoms with Crippen LogP contribution in [0, 0.1) is 5.41 Å². The minimum absolute atomic E-state index is 0.0715. The fraction of sp³-hybridized carbons (Fsp3) is 0.400. The van der Waals surface area contributed by atoms with E-state index in [1.165, 1.54) is 6.20 Å². The zero-order chi connectivity index (χ0) is 14.2. The molecule has 0 aromatic carbocycles. The third kappa shape index (κ3) is 2.43. The van der Waals surface area contributed by atoms with Crippen molar-refractivity contribution in [1.82, 2.24) is 4.98 Å². The van der Waals surface area contributed by atoms with Crippen LogP contribution in [0.4, 0.5) is 0 Å². The smallest absolute Gasteiger partial charge is 0.337 e. The highest BCUT2D eigenvalue weighted by Crippen LogP contribution is 2.45. The summed E-state index contributed by atoms with van der Waals surface area (Å²) < 4.78 is 5.77. The van der Waals surface area contributed by atoms with E-state index in [-0.39, 0.29) is 11.0 Å². The predicted molar refractivity (Wildman–Crippen MR) is 73.6 cm³/mol. The van der Waals surface area contributed by atoms with E-state index in [1.807, 2.05) is 6.92 Å². The maximum absolute atomic E-state index is 10.9. The summed E-state index contributed by atoms with van der Waals surface area (Å²) in [5.41, 5.74) is 2.01. The van der Waals surface area contributed by atoms with Crippen molar-refractivity contribution in [3.8, 4) is 0 Å². The Bertz CT molecular complexity index is 564. The van der Waals surface area contributed by atoms with Gasteiger partial charge >= 0.3 is 5.97 Å². The SMILES string of the molecule is C=C1O/C(=C(\CC)c2cc(C(=O)O)c[nH]2)CC1(C)C. The summed E-state index contributed by atoms with van der Waals surface area (Å²) in [6.45, 7) is 10.1. The van der Waals surface area contributed by atoms with E-state index in [0.29, 0.717) is 0 Å². The highest BCUT2D eigenvalue weighted by molar-refractivity contribution is 5.88. The summed E-state index contributed by atoms with van der Waals surface area (Å²) in [5, 5.41) is 8.96. The van der Waals surface area contributed by atoms with E-state index < -0.39 is 5.97 Å². The monoisotopic (exact) mass is 261 g/mol. The fourth-order valence-electron chi connectivity index (χ4n) is 2.22. The summed E-state index contributed by atoms with van der Waals surface area (Å²) in [4.78, 5) is 13.9. The molecule has 1 aromatic heterocycles. The maximum Gasteiger partial charge on any atom is 0.337 e. The average Bonchev–Trinajstić information content (AvgIpc) is 2.87. The second-order valence-corrected chi connectivity index (χ2v) is 5.45. The molecule has 2 rings (SSSR count). The molecule has 1 fully saturated rings. The number of H-pyrrole nitrogens is 1. The molecule has 4 nitrogen and oxygen atoms in total. The first kappa shape index (κ1) is 13.5. The van der Waals surface area contributed by atoms with Crippen LogP contribution in [0.5, 0.6) is 0 Å². The highest BCUT2D eigenvalue weighted by atomic mass is 16.5. The number of aromatic amines is 1. The lowest BCUT2D eigenvalue weighted by molar-refractivity contribution is 0.0697. The number of allylic oxidation sites excluding steroid dienone is 3. The normalized spacial score (nSPS) is 20.3. The molecule has 102 valence electrons. The molecule has 1 aromatic rings. The van der Waals surface area contributed by atoms with E-state index in [0.717, 1.165) is 35.6 Å². The van der Waals surface area contributed by atoms with Crippen LogP contribution in [-0.4, -0.2) is 16.1 Å². The van der Waals surface area contributed by atoms with Crippen LogP contribution in [0.25, 0.3) is 5.57 Å². The van der Waals surface area contributed by atoms with Crippen molar-refractivity contribution in [2.24, 2.45) is 5.41 Å². The first-order valence-electron chi connectivity index (χ1n) is 6.36. The molecule has 0 saturated carbocycles. The number of carbonyl (C=O) groups is 1. The number of carboxylic acid groups (broad SMARTS) is 1. The summed E-state index contributed by atoms with van der Waals surface area (Å²) in [6.07, 6.45) is 3.07. The third-order valence-electron chi connectivity index (χ3n) is 3.55. The van der Waals surface area contributed by atoms with Gasteiger partial charge in [0, 0.05) is 29.3 Å². The molecule has 2 N–H and O–H groups in total. The van der Waals surface area contributed by atoms with Gasteiger partial charge < -0.3 is 14.8 Å². The largest absolute Gasteiger partial charge is 0.478 e. The average molecular weight is 261 g/mol. The van der Waals surface area contributed by atoms with Gasteiger partial charge in [0.1, 0.15) is 11.5 Å². The minimum Gasteiger partial charge on any atom is -0.478 e. The lowest BCUT2D eigenvalue weighted by atomic mass is 9.88. The number of aromatic carboxylic acids is 1. The molecule has 0 aliphatic carbocycles. The van der Waals surface area contributed by atoms with Gasteiger partial charge in [0.05, 0.1) is 5.56 Å². The number of rotatable bonds is 3. The molecule has 0 bridgehead atoms. The molecular formula is C15H19NO3. The number of ether oxygens (including phenoxy) is 1. The van der Waals surface area contributed by atoms with Gasteiger partial charge in [-0.3, -0.25) is 0 Å². The Labute approximate surface area is 112 Å². The Morgan fingerprint density at radius 3 is 2.68 bits per heavy atom. The van der Waals surface area contributed by atoms with Crippen molar-refractivity contribution in [3.05, 3.63) is 41.6 Å². The molecule has 1 aliphatic heterocycles. The van der Waals surface area contributed by atoms with E-state index in [2.05, 4.69) is 25.4 Å². The molecule has 0 radical (unpaired) electrons. The van der Waals surface area contributed by atoms with Crippen LogP contribution in [-0.2, 0) is 4.74 Å². The Kier molecular flexibility index (Phi) is 3.27. The Morgan fingerprint density at radius 1 is 1.58 bits per heavy atom. The van der Waals surface area contributed by atoms with E-state index in [1.54, 1.807) is 6.07 Å². The standard InChI is InChI=1S/C15H19NO3/c1-5-11(12-6-10(8-16-12)14(17)18)13-7-15(3,4)9(2)19-13/h6,8,16H,2,5,7H2,1,3-4H3,(H,17,18)/b13-11+. The number of carboxylic acids is 1. The van der Waals surface area contributed by atoms with E-state index >= 15 is 0 Å². The number of aromatic nitrogens is 1. The van der Waals surface area contributed by atoms with Crippen molar-refractivity contribution in [2.75, 3.05) is 0 Å². The first-order valence-corrected chi connectivity index (χ1v) is 6.36. The van der Waals surface area contributed by atoms with Gasteiger partial charge in [0.15, 0.2) is 0 Å².